The number of amides is 1. The summed E-state index contributed by atoms with van der Waals surface area (Å²) in [5.74, 6) is 0.729. The molecule has 3 heterocycles. The standard InChI is InChI=1S/C27H31N3O3/c1-18-24-16-28-17-30(24)23(26(18)20-5-3-2-4-6-20)15-25(32)19-7-9-21(10-8-19)27(33)29-13-11-22(31)12-14-29/h2-6,16-17,19,21,23H,7-15H2,1H3/t19-,21-,23?. The molecule has 2 aromatic rings. The number of piperidine rings is 1. The molecule has 1 aromatic heterocycles. The number of hydrogen-bond donors (Lipinski definition) is 0. The molecule has 0 radical (unpaired) electrons. The highest BCUT2D eigenvalue weighted by Crippen LogP contribution is 2.44. The fourth-order valence-corrected chi connectivity index (χ4v) is 5.85. The Bertz CT molecular complexity index is 1080. The van der Waals surface area contributed by atoms with Gasteiger partial charge in [-0.05, 0) is 49.3 Å². The van der Waals surface area contributed by atoms with Crippen molar-refractivity contribution in [2.24, 2.45) is 11.8 Å². The number of aromatic nitrogens is 2. The van der Waals surface area contributed by atoms with Crippen molar-refractivity contribution in [2.75, 3.05) is 13.1 Å². The summed E-state index contributed by atoms with van der Waals surface area (Å²) in [6.45, 7) is 3.23. The first-order valence-corrected chi connectivity index (χ1v) is 12.1. The van der Waals surface area contributed by atoms with Crippen LogP contribution >= 0.6 is 0 Å². The zero-order valence-electron chi connectivity index (χ0n) is 19.2. The average Bonchev–Trinajstić information content (AvgIpc) is 3.43. The van der Waals surface area contributed by atoms with Crippen LogP contribution in [0.15, 0.2) is 42.9 Å². The third-order valence-electron chi connectivity index (χ3n) is 7.77. The van der Waals surface area contributed by atoms with Crippen LogP contribution in [0.1, 0.15) is 69.2 Å². The lowest BCUT2D eigenvalue weighted by Gasteiger charge is -2.33. The van der Waals surface area contributed by atoms with Gasteiger partial charge in [0.2, 0.25) is 5.91 Å². The maximum absolute atomic E-state index is 13.4. The van der Waals surface area contributed by atoms with Gasteiger partial charge in [0, 0.05) is 44.2 Å². The fourth-order valence-electron chi connectivity index (χ4n) is 5.85. The molecule has 1 saturated heterocycles. The number of Topliss-reactive ketones (excluding diaryl/α,β-unsaturated/α-hetero) is 2. The van der Waals surface area contributed by atoms with E-state index in [2.05, 4.69) is 28.6 Å². The van der Waals surface area contributed by atoms with Gasteiger partial charge < -0.3 is 9.47 Å². The van der Waals surface area contributed by atoms with Gasteiger partial charge in [0.25, 0.3) is 0 Å². The van der Waals surface area contributed by atoms with Crippen LogP contribution in [-0.4, -0.2) is 45.0 Å². The number of nitrogens with zero attached hydrogens (tertiary/aromatic N) is 3. The molecule has 6 heteroatoms. The van der Waals surface area contributed by atoms with Gasteiger partial charge in [0.1, 0.15) is 11.6 Å². The SMILES string of the molecule is CC1=C(c2ccccc2)C(CC(=O)[C@H]2CC[C@H](C(=O)N3CCC(=O)CC3)CC2)n2cncc21. The predicted octanol–water partition coefficient (Wildman–Crippen LogP) is 4.33. The van der Waals surface area contributed by atoms with E-state index in [0.717, 1.165) is 36.9 Å². The fraction of sp³-hybridized carbons (Fsp3) is 0.481. The van der Waals surface area contributed by atoms with Crippen LogP contribution in [0, 0.1) is 11.8 Å². The second kappa shape index (κ2) is 9.08. The quantitative estimate of drug-likeness (QED) is 0.687. The van der Waals surface area contributed by atoms with Crippen molar-refractivity contribution in [1.29, 1.82) is 0 Å². The molecule has 172 valence electrons. The van der Waals surface area contributed by atoms with Crippen molar-refractivity contribution in [2.45, 2.75) is 57.9 Å². The Balaban J connectivity index is 1.24. The third kappa shape index (κ3) is 4.19. The number of allylic oxidation sites excluding steroid dienone is 2. The lowest BCUT2D eigenvalue weighted by atomic mass is 9.77. The molecule has 0 N–H and O–H groups in total. The van der Waals surface area contributed by atoms with Crippen molar-refractivity contribution in [3.63, 3.8) is 0 Å². The number of rotatable bonds is 5. The van der Waals surface area contributed by atoms with Gasteiger partial charge in [-0.3, -0.25) is 14.4 Å². The topological polar surface area (TPSA) is 72.3 Å². The maximum atomic E-state index is 13.4. The molecular formula is C27H31N3O3. The highest BCUT2D eigenvalue weighted by Gasteiger charge is 2.36. The summed E-state index contributed by atoms with van der Waals surface area (Å²) in [4.78, 5) is 43.9. The van der Waals surface area contributed by atoms with Crippen LogP contribution in [0.5, 0.6) is 0 Å². The highest BCUT2D eigenvalue weighted by molar-refractivity contribution is 5.96. The van der Waals surface area contributed by atoms with E-state index in [0.29, 0.717) is 32.4 Å². The molecule has 1 atom stereocenters. The third-order valence-corrected chi connectivity index (χ3v) is 7.77. The number of fused-ring (bicyclic) bond motifs is 1. The molecule has 33 heavy (non-hydrogen) atoms. The minimum Gasteiger partial charge on any atom is -0.342 e. The van der Waals surface area contributed by atoms with E-state index in [1.807, 2.05) is 35.6 Å². The number of hydrogen-bond acceptors (Lipinski definition) is 4. The summed E-state index contributed by atoms with van der Waals surface area (Å²) >= 11 is 0. The highest BCUT2D eigenvalue weighted by atomic mass is 16.2. The smallest absolute Gasteiger partial charge is 0.225 e. The second-order valence-electron chi connectivity index (χ2n) is 9.69. The first-order chi connectivity index (χ1) is 16.0. The van der Waals surface area contributed by atoms with Crippen molar-refractivity contribution in [3.8, 4) is 0 Å². The minimum absolute atomic E-state index is 0.00370. The summed E-state index contributed by atoms with van der Waals surface area (Å²) in [5, 5.41) is 0. The Kier molecular flexibility index (Phi) is 6.00. The van der Waals surface area contributed by atoms with Crippen molar-refractivity contribution < 1.29 is 14.4 Å². The van der Waals surface area contributed by atoms with E-state index in [1.165, 1.54) is 11.1 Å². The van der Waals surface area contributed by atoms with Crippen molar-refractivity contribution in [3.05, 3.63) is 54.1 Å². The Hall–Kier alpha value is -3.02. The Morgan fingerprint density at radius 2 is 1.67 bits per heavy atom. The summed E-state index contributed by atoms with van der Waals surface area (Å²) in [6.07, 6.45) is 8.22. The molecule has 0 spiro atoms. The van der Waals surface area contributed by atoms with Gasteiger partial charge >= 0.3 is 0 Å². The molecule has 0 bridgehead atoms. The first kappa shape index (κ1) is 21.8. The van der Waals surface area contributed by atoms with Crippen LogP contribution in [-0.2, 0) is 14.4 Å². The monoisotopic (exact) mass is 445 g/mol. The number of imidazole rings is 1. The molecule has 5 rings (SSSR count). The largest absolute Gasteiger partial charge is 0.342 e. The number of ketones is 2. The van der Waals surface area contributed by atoms with E-state index in [1.54, 1.807) is 0 Å². The van der Waals surface area contributed by atoms with Crippen LogP contribution < -0.4 is 0 Å². The minimum atomic E-state index is -0.0253. The van der Waals surface area contributed by atoms with E-state index < -0.39 is 0 Å². The van der Waals surface area contributed by atoms with Gasteiger partial charge in [-0.2, -0.15) is 0 Å². The molecule has 1 aromatic carbocycles. The number of likely N-dealkylation sites (tertiary alicyclic amines) is 1. The molecule has 1 aliphatic carbocycles. The molecule has 1 unspecified atom stereocenters. The molecule has 6 nitrogen and oxygen atoms in total. The zero-order valence-corrected chi connectivity index (χ0v) is 19.2. The first-order valence-electron chi connectivity index (χ1n) is 12.1. The summed E-state index contributed by atoms with van der Waals surface area (Å²) in [7, 11) is 0. The average molecular weight is 446 g/mol. The van der Waals surface area contributed by atoms with Gasteiger partial charge in [-0.25, -0.2) is 4.98 Å². The summed E-state index contributed by atoms with van der Waals surface area (Å²) < 4.78 is 2.14. The zero-order chi connectivity index (χ0) is 22.9. The predicted molar refractivity (Wildman–Crippen MR) is 126 cm³/mol. The van der Waals surface area contributed by atoms with Gasteiger partial charge in [-0.1, -0.05) is 30.3 Å². The Labute approximate surface area is 194 Å². The van der Waals surface area contributed by atoms with Gasteiger partial charge in [0.15, 0.2) is 0 Å². The van der Waals surface area contributed by atoms with Gasteiger partial charge in [-0.15, -0.1) is 0 Å². The molecule has 2 aliphatic heterocycles. The maximum Gasteiger partial charge on any atom is 0.225 e. The molecular weight excluding hydrogens is 414 g/mol. The van der Waals surface area contributed by atoms with E-state index in [9.17, 15) is 14.4 Å². The summed E-state index contributed by atoms with van der Waals surface area (Å²) in [6, 6.07) is 10.3. The van der Waals surface area contributed by atoms with Crippen LogP contribution in [0.25, 0.3) is 11.1 Å². The number of benzene rings is 1. The number of carbonyl (C=O) groups excluding carboxylic acids is 3. The van der Waals surface area contributed by atoms with E-state index >= 15 is 0 Å². The van der Waals surface area contributed by atoms with Gasteiger partial charge in [0.05, 0.1) is 24.3 Å². The number of carbonyl (C=O) groups is 3. The van der Waals surface area contributed by atoms with Crippen LogP contribution in [0.2, 0.25) is 0 Å². The lowest BCUT2D eigenvalue weighted by molar-refractivity contribution is -0.140. The van der Waals surface area contributed by atoms with Crippen molar-refractivity contribution >= 4 is 28.6 Å². The van der Waals surface area contributed by atoms with E-state index in [4.69, 9.17) is 0 Å². The normalized spacial score (nSPS) is 25.3. The molecule has 2 fully saturated rings. The Morgan fingerprint density at radius 1 is 1.00 bits per heavy atom. The van der Waals surface area contributed by atoms with E-state index in [-0.39, 0.29) is 35.4 Å². The molecule has 1 amide bonds. The molecule has 1 saturated carbocycles. The van der Waals surface area contributed by atoms with Crippen molar-refractivity contribution in [1.82, 2.24) is 14.5 Å². The summed E-state index contributed by atoms with van der Waals surface area (Å²) in [5.41, 5.74) is 4.64. The molecule has 3 aliphatic rings. The second-order valence-corrected chi connectivity index (χ2v) is 9.69. The van der Waals surface area contributed by atoms with Crippen LogP contribution in [0.4, 0.5) is 0 Å². The Morgan fingerprint density at radius 3 is 2.36 bits per heavy atom. The van der Waals surface area contributed by atoms with Crippen LogP contribution in [0.3, 0.4) is 0 Å². The lowest BCUT2D eigenvalue weighted by Crippen LogP contribution is -2.43.